The minimum atomic E-state index is -1.13. The molecule has 1 aliphatic heterocycles. The van der Waals surface area contributed by atoms with Crippen molar-refractivity contribution in [2.75, 3.05) is 13.2 Å². The zero-order valence-electron chi connectivity index (χ0n) is 15.4. The van der Waals surface area contributed by atoms with Crippen LogP contribution in [0.5, 0.6) is 11.5 Å². The van der Waals surface area contributed by atoms with Gasteiger partial charge in [0.25, 0.3) is 5.91 Å². The quantitative estimate of drug-likeness (QED) is 0.740. The van der Waals surface area contributed by atoms with Crippen molar-refractivity contribution in [2.45, 2.75) is 20.0 Å². The number of ether oxygens (including phenoxy) is 3. The fraction of sp³-hybridized carbons (Fsp3) is 0.316. The number of amides is 3. The van der Waals surface area contributed by atoms with Crippen LogP contribution in [0.2, 0.25) is 0 Å². The van der Waals surface area contributed by atoms with Crippen LogP contribution in [0.1, 0.15) is 23.5 Å². The average Bonchev–Trinajstić information content (AvgIpc) is 3.15. The highest BCUT2D eigenvalue weighted by molar-refractivity contribution is 7.17. The van der Waals surface area contributed by atoms with Crippen LogP contribution in [0.25, 0.3) is 10.4 Å². The number of fused-ring (bicyclic) bond motifs is 1. The third-order valence-corrected chi connectivity index (χ3v) is 5.09. The van der Waals surface area contributed by atoms with Gasteiger partial charge in [0, 0.05) is 4.88 Å². The summed E-state index contributed by atoms with van der Waals surface area (Å²) in [4.78, 5) is 36.6. The molecule has 0 radical (unpaired) electrons. The van der Waals surface area contributed by atoms with E-state index in [-0.39, 0.29) is 5.92 Å². The molecule has 3 N–H and O–H groups in total. The number of urea groups is 1. The Bertz CT molecular complexity index is 908. The third kappa shape index (κ3) is 4.42. The lowest BCUT2D eigenvalue weighted by Crippen LogP contribution is -2.45. The Labute approximate surface area is 165 Å². The number of carbonyl (C=O) groups is 3. The lowest BCUT2D eigenvalue weighted by Gasteiger charge is -2.19. The van der Waals surface area contributed by atoms with Crippen molar-refractivity contribution in [3.63, 3.8) is 0 Å². The second-order valence-electron chi connectivity index (χ2n) is 6.45. The van der Waals surface area contributed by atoms with Gasteiger partial charge in [-0.05, 0) is 41.8 Å². The smallest absolute Gasteiger partial charge is 0.349 e. The summed E-state index contributed by atoms with van der Waals surface area (Å²) < 4.78 is 16.4. The largest absolute Gasteiger partial charge is 0.486 e. The van der Waals surface area contributed by atoms with Crippen molar-refractivity contribution < 1.29 is 28.6 Å². The van der Waals surface area contributed by atoms with Gasteiger partial charge < -0.3 is 19.9 Å². The molecule has 9 heteroatoms. The molecule has 0 saturated carbocycles. The van der Waals surface area contributed by atoms with E-state index in [9.17, 15) is 14.4 Å². The molecule has 1 atom stereocenters. The van der Waals surface area contributed by atoms with Gasteiger partial charge in [-0.2, -0.15) is 0 Å². The predicted octanol–water partition coefficient (Wildman–Crippen LogP) is 2.56. The highest BCUT2D eigenvalue weighted by Gasteiger charge is 2.28. The van der Waals surface area contributed by atoms with Gasteiger partial charge in [0.15, 0.2) is 17.6 Å². The lowest BCUT2D eigenvalue weighted by molar-refractivity contribution is -0.130. The van der Waals surface area contributed by atoms with Gasteiger partial charge in [0.1, 0.15) is 18.1 Å². The molecule has 1 aromatic carbocycles. The maximum Gasteiger partial charge on any atom is 0.349 e. The first-order valence-corrected chi connectivity index (χ1v) is 9.48. The number of nitrogens with one attached hydrogen (secondary N) is 1. The molecule has 0 saturated heterocycles. The maximum atomic E-state index is 12.5. The molecule has 148 valence electrons. The number of hydrogen-bond acceptors (Lipinski definition) is 7. The molecule has 2 aromatic rings. The minimum Gasteiger partial charge on any atom is -0.486 e. The SMILES string of the molecule is CC(C)C(OC(=O)c1ccc(-c2ccc3c(c2)OCCO3)s1)C(=O)NC(N)=O. The van der Waals surface area contributed by atoms with Crippen molar-refractivity contribution >= 4 is 29.2 Å². The van der Waals surface area contributed by atoms with E-state index < -0.39 is 24.0 Å². The fourth-order valence-corrected chi connectivity index (χ4v) is 3.54. The molecular weight excluding hydrogens is 384 g/mol. The molecule has 28 heavy (non-hydrogen) atoms. The molecule has 2 heterocycles. The van der Waals surface area contributed by atoms with E-state index in [0.717, 1.165) is 10.4 Å². The number of thiophene rings is 1. The Morgan fingerprint density at radius 3 is 2.50 bits per heavy atom. The molecule has 3 rings (SSSR count). The molecule has 1 aliphatic rings. The standard InChI is InChI=1S/C19H20N2O6S/c1-10(2)16(17(22)21-19(20)24)27-18(23)15-6-5-14(28-15)11-3-4-12-13(9-11)26-8-7-25-12/h3-6,9-10,16H,7-8H2,1-2H3,(H3,20,21,22,24). The summed E-state index contributed by atoms with van der Waals surface area (Å²) >= 11 is 1.23. The van der Waals surface area contributed by atoms with Crippen LogP contribution in [0.4, 0.5) is 4.79 Å². The van der Waals surface area contributed by atoms with Gasteiger partial charge in [0.05, 0.1) is 0 Å². The molecule has 1 unspecified atom stereocenters. The summed E-state index contributed by atoms with van der Waals surface area (Å²) in [6.07, 6.45) is -1.13. The topological polar surface area (TPSA) is 117 Å². The summed E-state index contributed by atoms with van der Waals surface area (Å²) in [7, 11) is 0. The zero-order chi connectivity index (χ0) is 20.3. The van der Waals surface area contributed by atoms with E-state index in [1.807, 2.05) is 23.5 Å². The highest BCUT2D eigenvalue weighted by Crippen LogP contribution is 2.37. The number of benzene rings is 1. The molecule has 1 aromatic heterocycles. The lowest BCUT2D eigenvalue weighted by atomic mass is 10.1. The van der Waals surface area contributed by atoms with Crippen molar-refractivity contribution in [1.82, 2.24) is 5.32 Å². The van der Waals surface area contributed by atoms with Crippen LogP contribution in [-0.4, -0.2) is 37.2 Å². The zero-order valence-corrected chi connectivity index (χ0v) is 16.2. The fourth-order valence-electron chi connectivity index (χ4n) is 2.66. The first-order chi connectivity index (χ1) is 13.3. The maximum absolute atomic E-state index is 12.5. The molecule has 0 fully saturated rings. The van der Waals surface area contributed by atoms with Crippen molar-refractivity contribution in [3.8, 4) is 21.9 Å². The summed E-state index contributed by atoms with van der Waals surface area (Å²) in [6.45, 7) is 4.41. The number of nitrogens with two attached hydrogens (primary N) is 1. The van der Waals surface area contributed by atoms with Gasteiger partial charge in [0.2, 0.25) is 0 Å². The van der Waals surface area contributed by atoms with E-state index in [1.165, 1.54) is 11.3 Å². The number of rotatable bonds is 5. The van der Waals surface area contributed by atoms with Gasteiger partial charge in [-0.15, -0.1) is 11.3 Å². The Hall–Kier alpha value is -3.07. The molecule has 0 aliphatic carbocycles. The first-order valence-electron chi connectivity index (χ1n) is 8.66. The van der Waals surface area contributed by atoms with E-state index in [4.69, 9.17) is 19.9 Å². The van der Waals surface area contributed by atoms with Crippen LogP contribution in [0.3, 0.4) is 0 Å². The Morgan fingerprint density at radius 2 is 1.82 bits per heavy atom. The normalized spacial score (nSPS) is 13.7. The molecule has 8 nitrogen and oxygen atoms in total. The van der Waals surface area contributed by atoms with Crippen molar-refractivity contribution in [1.29, 1.82) is 0 Å². The minimum absolute atomic E-state index is 0.333. The Morgan fingerprint density at radius 1 is 1.11 bits per heavy atom. The molecule has 3 amide bonds. The summed E-state index contributed by atoms with van der Waals surface area (Å²) in [5.74, 6) is -0.386. The summed E-state index contributed by atoms with van der Waals surface area (Å²) in [6, 6.07) is 7.98. The number of esters is 1. The van der Waals surface area contributed by atoms with Gasteiger partial charge in [-0.25, -0.2) is 9.59 Å². The number of imide groups is 1. The second kappa shape index (κ2) is 8.30. The molecular formula is C19H20N2O6S. The van der Waals surface area contributed by atoms with E-state index in [0.29, 0.717) is 29.6 Å². The monoisotopic (exact) mass is 404 g/mol. The molecule has 0 bridgehead atoms. The van der Waals surface area contributed by atoms with Gasteiger partial charge >= 0.3 is 12.0 Å². The highest BCUT2D eigenvalue weighted by atomic mass is 32.1. The molecule has 0 spiro atoms. The van der Waals surface area contributed by atoms with Crippen molar-refractivity contribution in [2.24, 2.45) is 11.7 Å². The number of carbonyl (C=O) groups excluding carboxylic acids is 3. The number of primary amides is 1. The van der Waals surface area contributed by atoms with E-state index in [2.05, 4.69) is 0 Å². The second-order valence-corrected chi connectivity index (χ2v) is 7.53. The van der Waals surface area contributed by atoms with E-state index in [1.54, 1.807) is 26.0 Å². The Kier molecular flexibility index (Phi) is 5.84. The third-order valence-electron chi connectivity index (χ3n) is 3.98. The first kappa shape index (κ1) is 19.7. The van der Waals surface area contributed by atoms with Crippen LogP contribution in [0, 0.1) is 5.92 Å². The van der Waals surface area contributed by atoms with Crippen LogP contribution < -0.4 is 20.5 Å². The summed E-state index contributed by atoms with van der Waals surface area (Å²) in [5, 5.41) is 1.94. The van der Waals surface area contributed by atoms with Crippen molar-refractivity contribution in [3.05, 3.63) is 35.2 Å². The van der Waals surface area contributed by atoms with E-state index >= 15 is 0 Å². The van der Waals surface area contributed by atoms with Crippen LogP contribution >= 0.6 is 11.3 Å². The Balaban J connectivity index is 1.74. The van der Waals surface area contributed by atoms with Gasteiger partial charge in [-0.3, -0.25) is 10.1 Å². The summed E-state index contributed by atoms with van der Waals surface area (Å²) in [5.41, 5.74) is 5.84. The van der Waals surface area contributed by atoms with Crippen LogP contribution in [0.15, 0.2) is 30.3 Å². The van der Waals surface area contributed by atoms with Gasteiger partial charge in [-0.1, -0.05) is 13.8 Å². The number of hydrogen-bond donors (Lipinski definition) is 2. The van der Waals surface area contributed by atoms with Crippen LogP contribution in [-0.2, 0) is 9.53 Å². The average molecular weight is 404 g/mol. The predicted molar refractivity (Wildman–Crippen MR) is 103 cm³/mol.